The molecule has 1 unspecified atom stereocenters. The fourth-order valence-electron chi connectivity index (χ4n) is 2.37. The minimum atomic E-state index is 0.0758. The highest BCUT2D eigenvalue weighted by atomic mass is 16.5. The second-order valence-electron chi connectivity index (χ2n) is 5.22. The molecule has 6 heteroatoms. The Morgan fingerprint density at radius 1 is 1.38 bits per heavy atom. The number of aromatic nitrogens is 2. The highest BCUT2D eigenvalue weighted by molar-refractivity contribution is 5.44. The average molecular weight is 288 g/mol. The van der Waals surface area contributed by atoms with E-state index in [0.29, 0.717) is 18.3 Å². The Kier molecular flexibility index (Phi) is 4.08. The molecule has 1 aromatic heterocycles. The van der Waals surface area contributed by atoms with Crippen LogP contribution in [0.1, 0.15) is 0 Å². The van der Waals surface area contributed by atoms with Crippen LogP contribution < -0.4 is 10.5 Å². The Morgan fingerprint density at radius 2 is 2.19 bits per heavy atom. The van der Waals surface area contributed by atoms with E-state index in [1.807, 2.05) is 30.3 Å². The zero-order chi connectivity index (χ0) is 14.7. The normalized spacial score (nSPS) is 19.6. The van der Waals surface area contributed by atoms with Gasteiger partial charge >= 0.3 is 0 Å². The minimum Gasteiger partial charge on any atom is -0.474 e. The van der Waals surface area contributed by atoms with Gasteiger partial charge in [0.15, 0.2) is 0 Å². The van der Waals surface area contributed by atoms with E-state index < -0.39 is 0 Å². The summed E-state index contributed by atoms with van der Waals surface area (Å²) in [7, 11) is 2.08. The van der Waals surface area contributed by atoms with Crippen molar-refractivity contribution < 1.29 is 9.47 Å². The van der Waals surface area contributed by atoms with Crippen LogP contribution in [0.2, 0.25) is 0 Å². The predicted octanol–water partition coefficient (Wildman–Crippen LogP) is 1.16. The third-order valence-electron chi connectivity index (χ3n) is 3.47. The molecule has 0 amide bonds. The highest BCUT2D eigenvalue weighted by Gasteiger charge is 2.19. The van der Waals surface area contributed by atoms with E-state index in [2.05, 4.69) is 17.0 Å². The Balaban J connectivity index is 1.64. The maximum atomic E-state index is 5.99. The number of nitrogen functional groups attached to an aromatic ring is 1. The lowest BCUT2D eigenvalue weighted by Gasteiger charge is -2.29. The van der Waals surface area contributed by atoms with E-state index in [0.717, 1.165) is 25.4 Å². The second kappa shape index (κ2) is 6.15. The lowest BCUT2D eigenvalue weighted by Crippen LogP contribution is -2.42. The molecule has 0 spiro atoms. The van der Waals surface area contributed by atoms with E-state index >= 15 is 0 Å². The summed E-state index contributed by atoms with van der Waals surface area (Å²) < 4.78 is 13.0. The Hall–Kier alpha value is -2.05. The van der Waals surface area contributed by atoms with Crippen molar-refractivity contribution in [2.75, 3.05) is 39.1 Å². The fraction of sp³-hybridized carbons (Fsp3) is 0.400. The summed E-state index contributed by atoms with van der Waals surface area (Å²) in [4.78, 5) is 2.23. The first-order valence-electron chi connectivity index (χ1n) is 7.06. The van der Waals surface area contributed by atoms with Gasteiger partial charge in [0.05, 0.1) is 12.3 Å². The number of ether oxygens (including phenoxy) is 2. The van der Waals surface area contributed by atoms with Gasteiger partial charge in [0, 0.05) is 19.2 Å². The summed E-state index contributed by atoms with van der Waals surface area (Å²) >= 11 is 0. The zero-order valence-corrected chi connectivity index (χ0v) is 12.1. The molecule has 1 aliphatic rings. The Bertz CT molecular complexity index is 585. The number of hydrogen-bond acceptors (Lipinski definition) is 5. The molecule has 0 aliphatic carbocycles. The van der Waals surface area contributed by atoms with Crippen molar-refractivity contribution in [3.05, 3.63) is 36.4 Å². The van der Waals surface area contributed by atoms with Crippen LogP contribution in [0.5, 0.6) is 5.88 Å². The van der Waals surface area contributed by atoms with Crippen LogP contribution in [0.15, 0.2) is 36.4 Å². The number of morpholine rings is 1. The number of nitrogens with two attached hydrogens (primary N) is 1. The lowest BCUT2D eigenvalue weighted by atomic mass is 10.3. The maximum absolute atomic E-state index is 5.99. The molecule has 3 rings (SSSR count). The molecule has 21 heavy (non-hydrogen) atoms. The van der Waals surface area contributed by atoms with Crippen molar-refractivity contribution in [1.29, 1.82) is 0 Å². The van der Waals surface area contributed by atoms with E-state index in [9.17, 15) is 0 Å². The van der Waals surface area contributed by atoms with Crippen LogP contribution in [0.25, 0.3) is 5.69 Å². The number of likely N-dealkylation sites (N-methyl/N-ethyl adjacent to an activating group) is 1. The third-order valence-corrected chi connectivity index (χ3v) is 3.47. The number of benzene rings is 1. The summed E-state index contributed by atoms with van der Waals surface area (Å²) in [5.41, 5.74) is 6.90. The monoisotopic (exact) mass is 288 g/mol. The van der Waals surface area contributed by atoms with Gasteiger partial charge in [-0.3, -0.25) is 0 Å². The van der Waals surface area contributed by atoms with Crippen LogP contribution in [0.3, 0.4) is 0 Å². The van der Waals surface area contributed by atoms with Crippen LogP contribution in [-0.4, -0.2) is 54.1 Å². The third kappa shape index (κ3) is 3.34. The van der Waals surface area contributed by atoms with Gasteiger partial charge in [-0.15, -0.1) is 5.10 Å². The SMILES string of the molecule is CN1CCOC(COc2cc(N)n(-c3ccccc3)n2)C1. The second-order valence-corrected chi connectivity index (χ2v) is 5.22. The van der Waals surface area contributed by atoms with Crippen molar-refractivity contribution >= 4 is 5.82 Å². The standard InChI is InChI=1S/C15H20N4O2/c1-18-7-8-20-13(10-18)11-21-15-9-14(16)19(17-15)12-5-3-2-4-6-12/h2-6,9,13H,7-8,10-11,16H2,1H3. The van der Waals surface area contributed by atoms with Crippen LogP contribution in [-0.2, 0) is 4.74 Å². The smallest absolute Gasteiger partial charge is 0.235 e. The van der Waals surface area contributed by atoms with Gasteiger partial charge in [0.2, 0.25) is 5.88 Å². The van der Waals surface area contributed by atoms with E-state index in [4.69, 9.17) is 15.2 Å². The number of nitrogens with zero attached hydrogens (tertiary/aromatic N) is 3. The van der Waals surface area contributed by atoms with Gasteiger partial charge in [-0.05, 0) is 19.2 Å². The largest absolute Gasteiger partial charge is 0.474 e. The Morgan fingerprint density at radius 3 is 2.95 bits per heavy atom. The number of hydrogen-bond donors (Lipinski definition) is 1. The van der Waals surface area contributed by atoms with Crippen LogP contribution >= 0.6 is 0 Å². The van der Waals surface area contributed by atoms with Gasteiger partial charge in [0.25, 0.3) is 0 Å². The lowest BCUT2D eigenvalue weighted by molar-refractivity contribution is -0.0410. The molecule has 0 radical (unpaired) electrons. The first-order chi connectivity index (χ1) is 10.2. The molecule has 2 aromatic rings. The van der Waals surface area contributed by atoms with Crippen molar-refractivity contribution in [1.82, 2.24) is 14.7 Å². The minimum absolute atomic E-state index is 0.0758. The highest BCUT2D eigenvalue weighted by Crippen LogP contribution is 2.19. The molecular weight excluding hydrogens is 268 g/mol. The molecule has 6 nitrogen and oxygen atoms in total. The Labute approximate surface area is 124 Å². The van der Waals surface area contributed by atoms with Gasteiger partial charge in [-0.1, -0.05) is 18.2 Å². The van der Waals surface area contributed by atoms with E-state index in [1.54, 1.807) is 10.7 Å². The summed E-state index contributed by atoms with van der Waals surface area (Å²) in [6, 6.07) is 11.5. The number of para-hydroxylation sites is 1. The molecule has 1 aromatic carbocycles. The molecular formula is C15H20N4O2. The van der Waals surface area contributed by atoms with Crippen molar-refractivity contribution in [2.24, 2.45) is 0 Å². The van der Waals surface area contributed by atoms with Gasteiger partial charge in [-0.25, -0.2) is 4.68 Å². The summed E-state index contributed by atoms with van der Waals surface area (Å²) in [5.74, 6) is 1.08. The topological polar surface area (TPSA) is 65.5 Å². The summed E-state index contributed by atoms with van der Waals surface area (Å²) in [6.45, 7) is 3.06. The van der Waals surface area contributed by atoms with Crippen LogP contribution in [0.4, 0.5) is 5.82 Å². The molecule has 112 valence electrons. The fourth-order valence-corrected chi connectivity index (χ4v) is 2.37. The zero-order valence-electron chi connectivity index (χ0n) is 12.1. The van der Waals surface area contributed by atoms with E-state index in [-0.39, 0.29) is 6.10 Å². The maximum Gasteiger partial charge on any atom is 0.235 e. The molecule has 1 aliphatic heterocycles. The molecule has 2 N–H and O–H groups in total. The number of anilines is 1. The van der Waals surface area contributed by atoms with E-state index in [1.165, 1.54) is 0 Å². The first kappa shape index (κ1) is 13.9. The van der Waals surface area contributed by atoms with Gasteiger partial charge < -0.3 is 20.1 Å². The average Bonchev–Trinajstić information content (AvgIpc) is 2.87. The summed E-state index contributed by atoms with van der Waals surface area (Å²) in [6.07, 6.45) is 0.0758. The molecule has 1 fully saturated rings. The first-order valence-corrected chi connectivity index (χ1v) is 7.06. The molecule has 0 saturated carbocycles. The molecule has 1 saturated heterocycles. The van der Waals surface area contributed by atoms with Crippen molar-refractivity contribution in [3.63, 3.8) is 0 Å². The van der Waals surface area contributed by atoms with Crippen molar-refractivity contribution in [3.8, 4) is 11.6 Å². The van der Waals surface area contributed by atoms with Gasteiger partial charge in [-0.2, -0.15) is 0 Å². The number of rotatable bonds is 4. The van der Waals surface area contributed by atoms with Gasteiger partial charge in [0.1, 0.15) is 18.5 Å². The molecule has 2 heterocycles. The molecule has 0 bridgehead atoms. The predicted molar refractivity (Wildman–Crippen MR) is 80.7 cm³/mol. The van der Waals surface area contributed by atoms with Crippen LogP contribution in [0, 0.1) is 0 Å². The van der Waals surface area contributed by atoms with Crippen molar-refractivity contribution in [2.45, 2.75) is 6.10 Å². The quantitative estimate of drug-likeness (QED) is 0.914. The summed E-state index contributed by atoms with van der Waals surface area (Å²) in [5, 5.41) is 4.38. The molecule has 1 atom stereocenters.